The maximum absolute atomic E-state index is 12.8. The van der Waals surface area contributed by atoms with Crippen LogP contribution in [0.2, 0.25) is 0 Å². The van der Waals surface area contributed by atoms with Gasteiger partial charge in [-0.15, -0.1) is 0 Å². The van der Waals surface area contributed by atoms with E-state index in [1.54, 1.807) is 12.1 Å². The molecule has 0 saturated heterocycles. The van der Waals surface area contributed by atoms with E-state index >= 15 is 0 Å². The second-order valence-electron chi connectivity index (χ2n) is 6.97. The summed E-state index contributed by atoms with van der Waals surface area (Å²) in [6.07, 6.45) is -1.98. The van der Waals surface area contributed by atoms with Crippen molar-refractivity contribution in [2.24, 2.45) is 0 Å². The quantitative estimate of drug-likeness (QED) is 0.826. The Morgan fingerprint density at radius 1 is 1.11 bits per heavy atom. The number of carbonyl (C=O) groups is 1. The van der Waals surface area contributed by atoms with Crippen molar-refractivity contribution < 1.29 is 27.3 Å². The van der Waals surface area contributed by atoms with Crippen LogP contribution in [-0.4, -0.2) is 26.5 Å². The Hall–Kier alpha value is -2.25. The Morgan fingerprint density at radius 2 is 1.71 bits per heavy atom. The Morgan fingerprint density at radius 3 is 2.29 bits per heavy atom. The Bertz CT molecular complexity index is 917. The van der Waals surface area contributed by atoms with Crippen LogP contribution in [0.1, 0.15) is 29.0 Å². The molecule has 0 aliphatic heterocycles. The third-order valence-electron chi connectivity index (χ3n) is 4.85. The molecule has 0 bridgehead atoms. The number of carbonyl (C=O) groups excluding carboxylic acids is 1. The number of benzene rings is 2. The summed E-state index contributed by atoms with van der Waals surface area (Å²) < 4.78 is 51.2. The van der Waals surface area contributed by atoms with Crippen LogP contribution in [0.4, 0.5) is 13.2 Å². The average molecular weight is 408 g/mol. The molecule has 1 unspecified atom stereocenters. The van der Waals surface area contributed by atoms with Crippen LogP contribution in [0.15, 0.2) is 65.6 Å². The molecule has 28 heavy (non-hydrogen) atoms. The van der Waals surface area contributed by atoms with E-state index in [2.05, 4.69) is 0 Å². The molecule has 1 N–H and O–H groups in total. The number of allylic oxidation sites excluding steroid dienone is 1. The predicted octanol–water partition coefficient (Wildman–Crippen LogP) is 4.17. The van der Waals surface area contributed by atoms with Gasteiger partial charge in [0.25, 0.3) is 0 Å². The van der Waals surface area contributed by atoms with E-state index in [1.807, 2.05) is 19.1 Å². The first-order valence-corrected chi connectivity index (χ1v) is 9.97. The second kappa shape index (κ2) is 7.64. The maximum Gasteiger partial charge on any atom is 0.416 e. The van der Waals surface area contributed by atoms with Crippen molar-refractivity contribution in [3.8, 4) is 0 Å². The lowest BCUT2D eigenvalue weighted by atomic mass is 9.76. The molecule has 1 aliphatic carbocycles. The number of rotatable bonds is 4. The van der Waals surface area contributed by atoms with Crippen LogP contribution in [0.5, 0.6) is 0 Å². The van der Waals surface area contributed by atoms with E-state index in [0.29, 0.717) is 10.5 Å². The molecule has 0 spiro atoms. The lowest BCUT2D eigenvalue weighted by Crippen LogP contribution is -2.43. The predicted molar refractivity (Wildman–Crippen MR) is 100 cm³/mol. The molecular formula is C21H19F3O3S. The zero-order chi connectivity index (χ0) is 20.5. The van der Waals surface area contributed by atoms with Crippen LogP contribution < -0.4 is 0 Å². The summed E-state index contributed by atoms with van der Waals surface area (Å²) in [5.41, 5.74) is -1.01. The molecule has 0 fully saturated rings. The van der Waals surface area contributed by atoms with Crippen molar-refractivity contribution in [1.82, 2.24) is 0 Å². The highest BCUT2D eigenvalue weighted by Crippen LogP contribution is 2.39. The minimum absolute atomic E-state index is 0.0660. The SMILES string of the molecule is Cc1ccc(S(=O)C[C@]2(O)C=CC(=O)C[C@H]2c2ccc(C(F)(F)F)cc2)cc1. The normalized spacial score (nSPS) is 23.6. The third kappa shape index (κ3) is 4.42. The van der Waals surface area contributed by atoms with Crippen molar-refractivity contribution in [2.45, 2.75) is 35.9 Å². The molecule has 0 amide bonds. The molecule has 3 rings (SSSR count). The maximum atomic E-state index is 12.8. The smallest absolute Gasteiger partial charge is 0.384 e. The fourth-order valence-electron chi connectivity index (χ4n) is 3.24. The highest BCUT2D eigenvalue weighted by atomic mass is 32.2. The molecule has 1 aliphatic rings. The van der Waals surface area contributed by atoms with Crippen LogP contribution in [0, 0.1) is 6.92 Å². The molecule has 0 saturated carbocycles. The topological polar surface area (TPSA) is 54.4 Å². The summed E-state index contributed by atoms with van der Waals surface area (Å²) in [4.78, 5) is 12.4. The summed E-state index contributed by atoms with van der Waals surface area (Å²) in [6, 6.07) is 11.4. The van der Waals surface area contributed by atoms with Crippen LogP contribution in [0.25, 0.3) is 0 Å². The summed E-state index contributed by atoms with van der Waals surface area (Å²) in [7, 11) is -1.55. The fourth-order valence-corrected chi connectivity index (χ4v) is 4.57. The van der Waals surface area contributed by atoms with Gasteiger partial charge in [-0.1, -0.05) is 29.8 Å². The zero-order valence-corrected chi connectivity index (χ0v) is 15.9. The zero-order valence-electron chi connectivity index (χ0n) is 15.1. The van der Waals surface area contributed by atoms with Gasteiger partial charge in [-0.2, -0.15) is 13.2 Å². The molecule has 148 valence electrons. The number of alkyl halides is 3. The molecule has 2 aromatic rings. The van der Waals surface area contributed by atoms with Gasteiger partial charge in [-0.3, -0.25) is 9.00 Å². The minimum atomic E-state index is -4.47. The minimum Gasteiger partial charge on any atom is -0.384 e. The van der Waals surface area contributed by atoms with Gasteiger partial charge in [-0.05, 0) is 48.9 Å². The number of aryl methyl sites for hydroxylation is 1. The van der Waals surface area contributed by atoms with Gasteiger partial charge in [0.2, 0.25) is 0 Å². The molecule has 7 heteroatoms. The van der Waals surface area contributed by atoms with E-state index in [1.165, 1.54) is 24.3 Å². The average Bonchev–Trinajstić information content (AvgIpc) is 2.64. The van der Waals surface area contributed by atoms with Gasteiger partial charge in [0.15, 0.2) is 5.78 Å². The second-order valence-corrected chi connectivity index (χ2v) is 8.42. The van der Waals surface area contributed by atoms with E-state index in [0.717, 1.165) is 17.7 Å². The molecular weight excluding hydrogens is 389 g/mol. The molecule has 0 heterocycles. The Kier molecular flexibility index (Phi) is 5.59. The largest absolute Gasteiger partial charge is 0.416 e. The standard InChI is InChI=1S/C21H19F3O3S/c1-14-2-8-18(9-3-14)28(27)13-20(26)11-10-17(25)12-19(20)15-4-6-16(7-5-15)21(22,23)24/h2-11,19,26H,12-13H2,1H3/t19-,20+,28?/m0/s1. The Labute approximate surface area is 163 Å². The van der Waals surface area contributed by atoms with Crippen LogP contribution in [-0.2, 0) is 21.8 Å². The highest BCUT2D eigenvalue weighted by Gasteiger charge is 2.41. The Balaban J connectivity index is 1.90. The van der Waals surface area contributed by atoms with E-state index in [9.17, 15) is 27.3 Å². The van der Waals surface area contributed by atoms with Gasteiger partial charge in [0.1, 0.15) is 5.60 Å². The lowest BCUT2D eigenvalue weighted by molar-refractivity contribution is -0.137. The van der Waals surface area contributed by atoms with E-state index in [4.69, 9.17) is 0 Å². The lowest BCUT2D eigenvalue weighted by Gasteiger charge is -2.36. The fraction of sp³-hybridized carbons (Fsp3) is 0.286. The first-order chi connectivity index (χ1) is 13.1. The third-order valence-corrected chi connectivity index (χ3v) is 6.38. The number of halogens is 3. The van der Waals surface area contributed by atoms with Crippen LogP contribution >= 0.6 is 0 Å². The van der Waals surface area contributed by atoms with E-state index in [-0.39, 0.29) is 18.0 Å². The van der Waals surface area contributed by atoms with E-state index < -0.39 is 34.1 Å². The van der Waals surface area contributed by atoms with Gasteiger partial charge >= 0.3 is 6.18 Å². The summed E-state index contributed by atoms with van der Waals surface area (Å²) in [5.74, 6) is -1.18. The van der Waals surface area contributed by atoms with Gasteiger partial charge in [0.05, 0.1) is 22.1 Å². The first-order valence-electron chi connectivity index (χ1n) is 8.65. The van der Waals surface area contributed by atoms with Crippen molar-refractivity contribution in [3.63, 3.8) is 0 Å². The van der Waals surface area contributed by atoms with Crippen molar-refractivity contribution >= 4 is 16.6 Å². The molecule has 3 atom stereocenters. The monoisotopic (exact) mass is 408 g/mol. The summed E-state index contributed by atoms with van der Waals surface area (Å²) in [5, 5.41) is 11.2. The molecule has 3 nitrogen and oxygen atoms in total. The molecule has 0 radical (unpaired) electrons. The molecule has 0 aromatic heterocycles. The molecule has 2 aromatic carbocycles. The van der Waals surface area contributed by atoms with Gasteiger partial charge in [-0.25, -0.2) is 0 Å². The number of hydrogen-bond donors (Lipinski definition) is 1. The summed E-state index contributed by atoms with van der Waals surface area (Å²) in [6.45, 7) is 1.90. The van der Waals surface area contributed by atoms with Gasteiger partial charge in [0, 0.05) is 17.2 Å². The van der Waals surface area contributed by atoms with Crippen molar-refractivity contribution in [2.75, 3.05) is 5.75 Å². The first kappa shape index (κ1) is 20.5. The summed E-state index contributed by atoms with van der Waals surface area (Å²) >= 11 is 0. The van der Waals surface area contributed by atoms with Crippen LogP contribution in [0.3, 0.4) is 0 Å². The van der Waals surface area contributed by atoms with Gasteiger partial charge < -0.3 is 5.11 Å². The van der Waals surface area contributed by atoms with Crippen molar-refractivity contribution in [1.29, 1.82) is 0 Å². The van der Waals surface area contributed by atoms with Crippen molar-refractivity contribution in [3.05, 3.63) is 77.4 Å². The number of hydrogen-bond acceptors (Lipinski definition) is 3. The number of ketones is 1. The number of aliphatic hydroxyl groups is 1. The highest BCUT2D eigenvalue weighted by molar-refractivity contribution is 7.85.